The first-order chi connectivity index (χ1) is 7.66. The van der Waals surface area contributed by atoms with Gasteiger partial charge in [-0.15, -0.1) is 0 Å². The molecule has 0 spiro atoms. The van der Waals surface area contributed by atoms with Crippen LogP contribution >= 0.6 is 11.6 Å². The number of pyridine rings is 1. The lowest BCUT2D eigenvalue weighted by molar-refractivity contribution is -0.142. The number of halogens is 1. The van der Waals surface area contributed by atoms with Gasteiger partial charge in [-0.2, -0.15) is 0 Å². The zero-order chi connectivity index (χ0) is 11.3. The Morgan fingerprint density at radius 1 is 1.31 bits per heavy atom. The van der Waals surface area contributed by atoms with Crippen LogP contribution in [0.4, 0.5) is 0 Å². The summed E-state index contributed by atoms with van der Waals surface area (Å²) in [5.74, 6) is -0.216. The molecule has 1 aliphatic carbocycles. The first kappa shape index (κ1) is 9.78. The molecule has 3 rings (SSSR count). The standard InChI is InChI=1S/C11H9ClN2O2/c12-9-3-1-2-6(13-9)5-14-10(15)7-4-8(7)11(14)16/h1-3,7-8H,4-5H2. The summed E-state index contributed by atoms with van der Waals surface area (Å²) in [5.41, 5.74) is 0.649. The minimum atomic E-state index is -0.0585. The van der Waals surface area contributed by atoms with Gasteiger partial charge < -0.3 is 0 Å². The zero-order valence-corrected chi connectivity index (χ0v) is 9.15. The van der Waals surface area contributed by atoms with Crippen molar-refractivity contribution in [1.29, 1.82) is 0 Å². The second kappa shape index (κ2) is 3.28. The van der Waals surface area contributed by atoms with Gasteiger partial charge in [-0.1, -0.05) is 17.7 Å². The molecular weight excluding hydrogens is 228 g/mol. The van der Waals surface area contributed by atoms with Crippen molar-refractivity contribution >= 4 is 23.4 Å². The van der Waals surface area contributed by atoms with E-state index in [0.29, 0.717) is 10.8 Å². The molecule has 2 fully saturated rings. The fourth-order valence-electron chi connectivity index (χ4n) is 2.11. The second-order valence-corrected chi connectivity index (χ2v) is 4.55. The van der Waals surface area contributed by atoms with Gasteiger partial charge in [-0.3, -0.25) is 14.5 Å². The molecule has 2 unspecified atom stereocenters. The van der Waals surface area contributed by atoms with E-state index in [0.717, 1.165) is 6.42 Å². The van der Waals surface area contributed by atoms with Gasteiger partial charge in [-0.05, 0) is 18.6 Å². The number of hydrogen-bond donors (Lipinski definition) is 0. The SMILES string of the molecule is O=C1C2CC2C(=O)N1Cc1cccc(Cl)n1. The van der Waals surface area contributed by atoms with Gasteiger partial charge in [0.25, 0.3) is 0 Å². The number of hydrogen-bond acceptors (Lipinski definition) is 3. The summed E-state index contributed by atoms with van der Waals surface area (Å²) in [4.78, 5) is 28.7. The number of carbonyl (C=O) groups excluding carboxylic acids is 2. The zero-order valence-electron chi connectivity index (χ0n) is 8.39. The molecule has 1 aliphatic heterocycles. The number of likely N-dealkylation sites (tertiary alicyclic amines) is 1. The van der Waals surface area contributed by atoms with Crippen LogP contribution in [0.25, 0.3) is 0 Å². The first-order valence-electron chi connectivity index (χ1n) is 5.13. The van der Waals surface area contributed by atoms with Gasteiger partial charge in [0, 0.05) is 0 Å². The van der Waals surface area contributed by atoms with E-state index in [1.807, 2.05) is 0 Å². The van der Waals surface area contributed by atoms with Crippen LogP contribution in [0, 0.1) is 11.8 Å². The summed E-state index contributed by atoms with van der Waals surface area (Å²) in [5, 5.41) is 0.377. The fraction of sp³-hybridized carbons (Fsp3) is 0.364. The molecule has 16 heavy (non-hydrogen) atoms. The summed E-state index contributed by atoms with van der Waals surface area (Å²) >= 11 is 5.74. The van der Waals surface area contributed by atoms with E-state index in [9.17, 15) is 9.59 Å². The molecule has 0 N–H and O–H groups in total. The highest BCUT2D eigenvalue weighted by molar-refractivity contribution is 6.29. The molecule has 2 aliphatic rings. The topological polar surface area (TPSA) is 50.3 Å². The van der Waals surface area contributed by atoms with Crippen LogP contribution in [0.3, 0.4) is 0 Å². The molecule has 1 saturated heterocycles. The molecule has 1 aromatic heterocycles. The Labute approximate surface area is 97.2 Å². The van der Waals surface area contributed by atoms with Crippen LogP contribution in [0.2, 0.25) is 5.15 Å². The number of rotatable bonds is 2. The van der Waals surface area contributed by atoms with Gasteiger partial charge in [-0.25, -0.2) is 4.98 Å². The smallest absolute Gasteiger partial charge is 0.233 e. The van der Waals surface area contributed by atoms with Gasteiger partial charge in [0.2, 0.25) is 11.8 Å². The minimum Gasteiger partial charge on any atom is -0.276 e. The van der Waals surface area contributed by atoms with E-state index in [1.165, 1.54) is 4.90 Å². The van der Waals surface area contributed by atoms with Crippen molar-refractivity contribution in [3.8, 4) is 0 Å². The Hall–Kier alpha value is -1.42. The molecule has 0 bridgehead atoms. The van der Waals surface area contributed by atoms with Crippen LogP contribution in [0.1, 0.15) is 12.1 Å². The Morgan fingerprint density at radius 2 is 2.00 bits per heavy atom. The lowest BCUT2D eigenvalue weighted by Gasteiger charge is -2.15. The van der Waals surface area contributed by atoms with Crippen molar-refractivity contribution in [2.24, 2.45) is 11.8 Å². The Kier molecular flexibility index (Phi) is 2.01. The van der Waals surface area contributed by atoms with Crippen molar-refractivity contribution < 1.29 is 9.59 Å². The largest absolute Gasteiger partial charge is 0.276 e. The number of nitrogens with zero attached hydrogens (tertiary/aromatic N) is 2. The normalized spacial score (nSPS) is 27.2. The predicted octanol–water partition coefficient (Wildman–Crippen LogP) is 1.24. The molecule has 1 aromatic rings. The summed E-state index contributed by atoms with van der Waals surface area (Å²) < 4.78 is 0. The molecular formula is C11H9ClN2O2. The molecule has 82 valence electrons. The quantitative estimate of drug-likeness (QED) is 0.574. The van der Waals surface area contributed by atoms with Crippen LogP contribution in [-0.4, -0.2) is 21.7 Å². The predicted molar refractivity (Wildman–Crippen MR) is 56.4 cm³/mol. The number of fused-ring (bicyclic) bond motifs is 1. The number of aromatic nitrogens is 1. The van der Waals surface area contributed by atoms with E-state index in [4.69, 9.17) is 11.6 Å². The number of imide groups is 1. The monoisotopic (exact) mass is 236 g/mol. The minimum absolute atomic E-state index is 0.0494. The molecule has 1 saturated carbocycles. The van der Waals surface area contributed by atoms with Crippen LogP contribution in [0.5, 0.6) is 0 Å². The molecule has 2 heterocycles. The van der Waals surface area contributed by atoms with Gasteiger partial charge in [0.1, 0.15) is 5.15 Å². The lowest BCUT2D eigenvalue weighted by Crippen LogP contribution is -2.32. The maximum absolute atomic E-state index is 11.7. The second-order valence-electron chi connectivity index (χ2n) is 4.16. The third-order valence-electron chi connectivity index (χ3n) is 3.05. The highest BCUT2D eigenvalue weighted by atomic mass is 35.5. The summed E-state index contributed by atoms with van der Waals surface area (Å²) in [6, 6.07) is 5.18. The third kappa shape index (κ3) is 1.41. The van der Waals surface area contributed by atoms with Gasteiger partial charge in [0.15, 0.2) is 0 Å². The maximum atomic E-state index is 11.7. The summed E-state index contributed by atoms with van der Waals surface area (Å²) in [6.45, 7) is 0.241. The molecule has 2 atom stereocenters. The molecule has 5 heteroatoms. The van der Waals surface area contributed by atoms with E-state index < -0.39 is 0 Å². The Bertz CT molecular complexity index is 469. The van der Waals surface area contributed by atoms with Crippen LogP contribution in [-0.2, 0) is 16.1 Å². The van der Waals surface area contributed by atoms with Gasteiger partial charge in [0.05, 0.1) is 24.1 Å². The molecule has 0 aromatic carbocycles. The van der Waals surface area contributed by atoms with Crippen LogP contribution < -0.4 is 0 Å². The van der Waals surface area contributed by atoms with Crippen LogP contribution in [0.15, 0.2) is 18.2 Å². The highest BCUT2D eigenvalue weighted by Crippen LogP contribution is 2.47. The van der Waals surface area contributed by atoms with E-state index in [-0.39, 0.29) is 30.2 Å². The van der Waals surface area contributed by atoms with E-state index in [2.05, 4.69) is 4.98 Å². The number of piperidine rings is 1. The Balaban J connectivity index is 1.80. The molecule has 4 nitrogen and oxygen atoms in total. The number of amides is 2. The Morgan fingerprint density at radius 3 is 2.62 bits per heavy atom. The van der Waals surface area contributed by atoms with Gasteiger partial charge >= 0.3 is 0 Å². The molecule has 2 amide bonds. The third-order valence-corrected chi connectivity index (χ3v) is 3.26. The summed E-state index contributed by atoms with van der Waals surface area (Å²) in [6.07, 6.45) is 0.733. The van der Waals surface area contributed by atoms with Crippen molar-refractivity contribution in [3.05, 3.63) is 29.0 Å². The van der Waals surface area contributed by atoms with Crippen molar-refractivity contribution in [3.63, 3.8) is 0 Å². The molecule has 0 radical (unpaired) electrons. The van der Waals surface area contributed by atoms with Crippen molar-refractivity contribution in [2.75, 3.05) is 0 Å². The lowest BCUT2D eigenvalue weighted by atomic mass is 10.3. The fourth-order valence-corrected chi connectivity index (χ4v) is 2.29. The van der Waals surface area contributed by atoms with E-state index >= 15 is 0 Å². The summed E-state index contributed by atoms with van der Waals surface area (Å²) in [7, 11) is 0. The number of carbonyl (C=O) groups is 2. The maximum Gasteiger partial charge on any atom is 0.233 e. The van der Waals surface area contributed by atoms with Crippen molar-refractivity contribution in [1.82, 2.24) is 9.88 Å². The van der Waals surface area contributed by atoms with E-state index in [1.54, 1.807) is 18.2 Å². The average Bonchev–Trinajstić information content (AvgIpc) is 2.99. The average molecular weight is 237 g/mol. The highest BCUT2D eigenvalue weighted by Gasteiger charge is 2.58. The van der Waals surface area contributed by atoms with Crippen molar-refractivity contribution in [2.45, 2.75) is 13.0 Å². The first-order valence-corrected chi connectivity index (χ1v) is 5.51.